The van der Waals surface area contributed by atoms with Crippen molar-refractivity contribution in [2.75, 3.05) is 0 Å². The van der Waals surface area contributed by atoms with Crippen LogP contribution in [0.5, 0.6) is 0 Å². The van der Waals surface area contributed by atoms with Gasteiger partial charge in [-0.1, -0.05) is 12.2 Å². The molecule has 0 aromatic heterocycles. The van der Waals surface area contributed by atoms with Crippen LogP contribution in [0.25, 0.3) is 0 Å². The second-order valence-electron chi connectivity index (χ2n) is 4.45. The summed E-state index contributed by atoms with van der Waals surface area (Å²) in [6.45, 7) is 0. The van der Waals surface area contributed by atoms with Crippen LogP contribution in [-0.2, 0) is 9.59 Å². The SMILES string of the molecule is O=C1CC(=O)[C@H]2C3C=CC(CC3)[C@@H]12. The molecule has 2 fully saturated rings. The average molecular weight is 176 g/mol. The zero-order chi connectivity index (χ0) is 9.00. The van der Waals surface area contributed by atoms with E-state index < -0.39 is 0 Å². The van der Waals surface area contributed by atoms with E-state index in [1.165, 1.54) is 0 Å². The van der Waals surface area contributed by atoms with Gasteiger partial charge in [0.05, 0.1) is 6.42 Å². The van der Waals surface area contributed by atoms with Crippen molar-refractivity contribution in [3.8, 4) is 0 Å². The molecule has 4 aliphatic rings. The summed E-state index contributed by atoms with van der Waals surface area (Å²) in [5.74, 6) is 1.30. The van der Waals surface area contributed by atoms with Gasteiger partial charge in [0.15, 0.2) is 0 Å². The molecule has 0 saturated heterocycles. The maximum absolute atomic E-state index is 11.6. The number of hydrogen-bond donors (Lipinski definition) is 0. The molecule has 4 atom stereocenters. The first kappa shape index (κ1) is 7.48. The number of carbonyl (C=O) groups is 2. The predicted molar refractivity (Wildman–Crippen MR) is 47.0 cm³/mol. The largest absolute Gasteiger partial charge is 0.299 e. The van der Waals surface area contributed by atoms with Crippen LogP contribution >= 0.6 is 0 Å². The Morgan fingerprint density at radius 2 is 1.38 bits per heavy atom. The van der Waals surface area contributed by atoms with E-state index in [2.05, 4.69) is 12.2 Å². The van der Waals surface area contributed by atoms with E-state index in [1.807, 2.05) is 0 Å². The van der Waals surface area contributed by atoms with Gasteiger partial charge in [-0.2, -0.15) is 0 Å². The molecule has 4 rings (SSSR count). The molecule has 2 heteroatoms. The lowest BCUT2D eigenvalue weighted by Gasteiger charge is -2.39. The molecule has 2 bridgehead atoms. The van der Waals surface area contributed by atoms with Crippen LogP contribution in [0.4, 0.5) is 0 Å². The molecule has 0 N–H and O–H groups in total. The van der Waals surface area contributed by atoms with Crippen LogP contribution in [-0.4, -0.2) is 11.6 Å². The lowest BCUT2D eigenvalue weighted by molar-refractivity contribution is -0.124. The van der Waals surface area contributed by atoms with E-state index in [0.29, 0.717) is 11.8 Å². The summed E-state index contributed by atoms with van der Waals surface area (Å²) in [6.07, 6.45) is 6.75. The van der Waals surface area contributed by atoms with Gasteiger partial charge < -0.3 is 0 Å². The van der Waals surface area contributed by atoms with Gasteiger partial charge in [0.2, 0.25) is 0 Å². The Hall–Kier alpha value is -0.920. The third-order valence-electron chi connectivity index (χ3n) is 3.84. The second-order valence-corrected chi connectivity index (χ2v) is 4.45. The summed E-state index contributed by atoms with van der Waals surface area (Å²) in [5.41, 5.74) is 0. The van der Waals surface area contributed by atoms with Crippen LogP contribution in [0.1, 0.15) is 19.3 Å². The minimum atomic E-state index is 0.0660. The highest BCUT2D eigenvalue weighted by Crippen LogP contribution is 2.49. The van der Waals surface area contributed by atoms with Crippen molar-refractivity contribution in [3.63, 3.8) is 0 Å². The van der Waals surface area contributed by atoms with Gasteiger partial charge in [-0.15, -0.1) is 0 Å². The molecule has 68 valence electrons. The maximum Gasteiger partial charge on any atom is 0.144 e. The molecule has 2 nitrogen and oxygen atoms in total. The quantitative estimate of drug-likeness (QED) is 0.412. The summed E-state index contributed by atoms with van der Waals surface area (Å²) in [7, 11) is 0. The van der Waals surface area contributed by atoms with Gasteiger partial charge in [0.25, 0.3) is 0 Å². The second kappa shape index (κ2) is 2.31. The number of allylic oxidation sites excluding steroid dienone is 2. The van der Waals surface area contributed by atoms with Crippen LogP contribution in [0.2, 0.25) is 0 Å². The molecule has 0 radical (unpaired) electrons. The number of hydrogen-bond acceptors (Lipinski definition) is 2. The van der Waals surface area contributed by atoms with Crippen LogP contribution in [0.15, 0.2) is 12.2 Å². The molecule has 0 heterocycles. The summed E-state index contributed by atoms with van der Waals surface area (Å²) in [4.78, 5) is 23.1. The van der Waals surface area contributed by atoms with Gasteiger partial charge >= 0.3 is 0 Å². The summed E-state index contributed by atoms with van der Waals surface area (Å²) >= 11 is 0. The normalized spacial score (nSPS) is 47.1. The van der Waals surface area contributed by atoms with Crippen molar-refractivity contribution in [2.45, 2.75) is 19.3 Å². The Labute approximate surface area is 77.0 Å². The van der Waals surface area contributed by atoms with Crippen LogP contribution < -0.4 is 0 Å². The Bertz CT molecular complexity index is 286. The van der Waals surface area contributed by atoms with Crippen LogP contribution in [0, 0.1) is 23.7 Å². The Morgan fingerprint density at radius 1 is 0.923 bits per heavy atom. The maximum atomic E-state index is 11.6. The monoisotopic (exact) mass is 176 g/mol. The highest BCUT2D eigenvalue weighted by atomic mass is 16.2. The lowest BCUT2D eigenvalue weighted by atomic mass is 9.63. The molecule has 0 aliphatic heterocycles. The minimum Gasteiger partial charge on any atom is -0.299 e. The molecule has 0 amide bonds. The van der Waals surface area contributed by atoms with Gasteiger partial charge in [-0.3, -0.25) is 9.59 Å². The van der Waals surface area contributed by atoms with Crippen molar-refractivity contribution in [1.82, 2.24) is 0 Å². The molecule has 2 unspecified atom stereocenters. The van der Waals surface area contributed by atoms with Crippen molar-refractivity contribution >= 4 is 11.6 Å². The fraction of sp³-hybridized carbons (Fsp3) is 0.636. The molecule has 4 aliphatic carbocycles. The molecule has 0 aromatic carbocycles. The Kier molecular flexibility index (Phi) is 1.33. The minimum absolute atomic E-state index is 0.0660. The molecular weight excluding hydrogens is 164 g/mol. The number of fused-ring (bicyclic) bond motifs is 1. The first-order valence-corrected chi connectivity index (χ1v) is 5.01. The highest BCUT2D eigenvalue weighted by Gasteiger charge is 2.52. The summed E-state index contributed by atoms with van der Waals surface area (Å²) in [6, 6.07) is 0. The third-order valence-corrected chi connectivity index (χ3v) is 3.84. The zero-order valence-electron chi connectivity index (χ0n) is 7.40. The van der Waals surface area contributed by atoms with Crippen molar-refractivity contribution in [1.29, 1.82) is 0 Å². The van der Waals surface area contributed by atoms with E-state index in [-0.39, 0.29) is 29.8 Å². The molecule has 0 spiro atoms. The summed E-state index contributed by atoms with van der Waals surface area (Å²) < 4.78 is 0. The van der Waals surface area contributed by atoms with E-state index in [0.717, 1.165) is 12.8 Å². The smallest absolute Gasteiger partial charge is 0.144 e. The first-order chi connectivity index (χ1) is 6.27. The van der Waals surface area contributed by atoms with Gasteiger partial charge in [-0.25, -0.2) is 0 Å². The fourth-order valence-corrected chi connectivity index (χ4v) is 3.28. The van der Waals surface area contributed by atoms with Gasteiger partial charge in [-0.05, 0) is 24.7 Å². The van der Waals surface area contributed by atoms with Gasteiger partial charge in [0.1, 0.15) is 11.6 Å². The molecular formula is C11H12O2. The molecule has 0 aromatic rings. The molecule has 2 saturated carbocycles. The zero-order valence-corrected chi connectivity index (χ0v) is 7.40. The average Bonchev–Trinajstić information content (AvgIpc) is 2.47. The summed E-state index contributed by atoms with van der Waals surface area (Å²) in [5, 5.41) is 0. The highest BCUT2D eigenvalue weighted by molar-refractivity contribution is 6.09. The van der Waals surface area contributed by atoms with Gasteiger partial charge in [0, 0.05) is 11.8 Å². The predicted octanol–water partition coefficient (Wildman–Crippen LogP) is 1.36. The van der Waals surface area contributed by atoms with Crippen molar-refractivity contribution in [2.24, 2.45) is 23.7 Å². The van der Waals surface area contributed by atoms with E-state index >= 15 is 0 Å². The van der Waals surface area contributed by atoms with Crippen molar-refractivity contribution in [3.05, 3.63) is 12.2 Å². The fourth-order valence-electron chi connectivity index (χ4n) is 3.28. The number of carbonyl (C=O) groups excluding carboxylic acids is 2. The lowest BCUT2D eigenvalue weighted by Crippen LogP contribution is -2.38. The van der Waals surface area contributed by atoms with Crippen LogP contribution in [0.3, 0.4) is 0 Å². The first-order valence-electron chi connectivity index (χ1n) is 5.01. The Balaban J connectivity index is 2.07. The standard InChI is InChI=1S/C11H12O2/c12-8-5-9(13)11-7-2-1-6(3-4-7)10(8)11/h1-2,6-7,10-11H,3-5H2/t6?,7?,10-,11+. The molecule has 13 heavy (non-hydrogen) atoms. The number of rotatable bonds is 0. The van der Waals surface area contributed by atoms with E-state index in [1.54, 1.807) is 0 Å². The Morgan fingerprint density at radius 3 is 1.77 bits per heavy atom. The number of ketones is 2. The van der Waals surface area contributed by atoms with E-state index in [4.69, 9.17) is 0 Å². The topological polar surface area (TPSA) is 34.1 Å². The van der Waals surface area contributed by atoms with Crippen molar-refractivity contribution < 1.29 is 9.59 Å². The van der Waals surface area contributed by atoms with E-state index in [9.17, 15) is 9.59 Å². The number of Topliss-reactive ketones (excluding diaryl/α,β-unsaturated/α-hetero) is 2. The third kappa shape index (κ3) is 0.835.